The van der Waals surface area contributed by atoms with Gasteiger partial charge >= 0.3 is 0 Å². The second kappa shape index (κ2) is 6.21. The minimum Gasteiger partial charge on any atom is -0.504 e. The van der Waals surface area contributed by atoms with Crippen LogP contribution in [0.2, 0.25) is 0 Å². The Balaban J connectivity index is 2.18. The van der Waals surface area contributed by atoms with Crippen molar-refractivity contribution in [3.8, 4) is 23.0 Å². The summed E-state index contributed by atoms with van der Waals surface area (Å²) in [5, 5.41) is 31.4. The molecule has 0 saturated carbocycles. The maximum Gasteiger partial charge on any atom is 0.200 e. The molecule has 112 valence electrons. The largest absolute Gasteiger partial charge is 0.504 e. The molecule has 0 unspecified atom stereocenters. The van der Waals surface area contributed by atoms with E-state index in [-0.39, 0.29) is 6.54 Å². The van der Waals surface area contributed by atoms with Crippen molar-refractivity contribution in [2.45, 2.75) is 13.5 Å². The van der Waals surface area contributed by atoms with Gasteiger partial charge in [0.1, 0.15) is 11.6 Å². The number of rotatable bonds is 5. The molecule has 0 aliphatic heterocycles. The highest BCUT2D eigenvalue weighted by molar-refractivity contribution is 5.58. The van der Waals surface area contributed by atoms with Crippen molar-refractivity contribution in [1.82, 2.24) is 0 Å². The van der Waals surface area contributed by atoms with E-state index in [1.54, 1.807) is 6.92 Å². The molecule has 0 spiro atoms. The lowest BCUT2D eigenvalue weighted by Gasteiger charge is -2.13. The second-order valence-electron chi connectivity index (χ2n) is 4.37. The first-order chi connectivity index (χ1) is 10.0. The number of aromatic hydroxyl groups is 3. The molecule has 21 heavy (non-hydrogen) atoms. The number of ether oxygens (including phenoxy) is 1. The number of halogens is 1. The first-order valence-corrected chi connectivity index (χ1v) is 6.42. The molecule has 5 nitrogen and oxygen atoms in total. The fourth-order valence-corrected chi connectivity index (χ4v) is 1.86. The fourth-order valence-electron chi connectivity index (χ4n) is 1.86. The van der Waals surface area contributed by atoms with Gasteiger partial charge < -0.3 is 25.4 Å². The van der Waals surface area contributed by atoms with Gasteiger partial charge in [-0.1, -0.05) is 0 Å². The Morgan fingerprint density at radius 1 is 1.10 bits per heavy atom. The van der Waals surface area contributed by atoms with E-state index in [2.05, 4.69) is 5.32 Å². The first kappa shape index (κ1) is 14.8. The van der Waals surface area contributed by atoms with Crippen molar-refractivity contribution >= 4 is 5.69 Å². The summed E-state index contributed by atoms with van der Waals surface area (Å²) in [5.41, 5.74) is 0.947. The summed E-state index contributed by atoms with van der Waals surface area (Å²) in [7, 11) is 0. The molecule has 0 radical (unpaired) electrons. The van der Waals surface area contributed by atoms with E-state index < -0.39 is 23.1 Å². The summed E-state index contributed by atoms with van der Waals surface area (Å²) >= 11 is 0. The number of anilines is 1. The normalized spacial score (nSPS) is 10.4. The lowest BCUT2D eigenvalue weighted by Crippen LogP contribution is -2.03. The van der Waals surface area contributed by atoms with Crippen LogP contribution in [0.5, 0.6) is 23.0 Å². The van der Waals surface area contributed by atoms with E-state index in [1.165, 1.54) is 30.3 Å². The van der Waals surface area contributed by atoms with Crippen LogP contribution in [0, 0.1) is 5.82 Å². The van der Waals surface area contributed by atoms with Crippen LogP contribution < -0.4 is 10.1 Å². The average molecular weight is 293 g/mol. The lowest BCUT2D eigenvalue weighted by atomic mass is 10.1. The highest BCUT2D eigenvalue weighted by atomic mass is 19.1. The van der Waals surface area contributed by atoms with Gasteiger partial charge in [0.05, 0.1) is 12.3 Å². The lowest BCUT2D eigenvalue weighted by molar-refractivity contribution is 0.339. The topological polar surface area (TPSA) is 82.0 Å². The quantitative estimate of drug-likeness (QED) is 0.637. The summed E-state index contributed by atoms with van der Waals surface area (Å²) in [6, 6.07) is 6.83. The van der Waals surface area contributed by atoms with Gasteiger partial charge in [-0.2, -0.15) is 0 Å². The zero-order chi connectivity index (χ0) is 15.4. The van der Waals surface area contributed by atoms with Crippen LogP contribution in [0.1, 0.15) is 12.5 Å². The van der Waals surface area contributed by atoms with Crippen LogP contribution in [-0.2, 0) is 6.54 Å². The standard InChI is InChI=1S/C15H16FNO4/c1-2-21-13-7-10(16)4-5-11(13)17-8-9-3-6-12(18)15(20)14(9)19/h3-7,17-20H,2,8H2,1H3. The molecule has 0 bridgehead atoms. The third-order valence-electron chi connectivity index (χ3n) is 2.93. The second-order valence-corrected chi connectivity index (χ2v) is 4.37. The van der Waals surface area contributed by atoms with Crippen molar-refractivity contribution in [1.29, 1.82) is 0 Å². The van der Waals surface area contributed by atoms with E-state index in [1.807, 2.05) is 0 Å². The SMILES string of the molecule is CCOc1cc(F)ccc1NCc1ccc(O)c(O)c1O. The summed E-state index contributed by atoms with van der Waals surface area (Å²) in [4.78, 5) is 0. The molecule has 2 aromatic rings. The number of phenols is 3. The van der Waals surface area contributed by atoms with Crippen LogP contribution in [-0.4, -0.2) is 21.9 Å². The summed E-state index contributed by atoms with van der Waals surface area (Å²) in [5.74, 6) is -1.41. The van der Waals surface area contributed by atoms with Crippen molar-refractivity contribution in [3.05, 3.63) is 41.7 Å². The Morgan fingerprint density at radius 3 is 2.57 bits per heavy atom. The molecule has 0 amide bonds. The van der Waals surface area contributed by atoms with Gasteiger partial charge in [-0.05, 0) is 31.2 Å². The van der Waals surface area contributed by atoms with Crippen LogP contribution >= 0.6 is 0 Å². The number of nitrogens with one attached hydrogen (secondary N) is 1. The number of hydrogen-bond donors (Lipinski definition) is 4. The van der Waals surface area contributed by atoms with Gasteiger partial charge in [-0.25, -0.2) is 4.39 Å². The van der Waals surface area contributed by atoms with E-state index >= 15 is 0 Å². The monoisotopic (exact) mass is 293 g/mol. The molecule has 0 fully saturated rings. The Hall–Kier alpha value is -2.63. The van der Waals surface area contributed by atoms with Crippen LogP contribution in [0.4, 0.5) is 10.1 Å². The predicted molar refractivity (Wildman–Crippen MR) is 76.3 cm³/mol. The first-order valence-electron chi connectivity index (χ1n) is 6.42. The van der Waals surface area contributed by atoms with Crippen molar-refractivity contribution in [2.24, 2.45) is 0 Å². The molecule has 0 saturated heterocycles. The van der Waals surface area contributed by atoms with Crippen LogP contribution in [0.3, 0.4) is 0 Å². The summed E-state index contributed by atoms with van der Waals surface area (Å²) in [6.45, 7) is 2.35. The fraction of sp³-hybridized carbons (Fsp3) is 0.200. The Bertz CT molecular complexity index is 646. The van der Waals surface area contributed by atoms with E-state index in [0.717, 1.165) is 0 Å². The Kier molecular flexibility index (Phi) is 4.37. The van der Waals surface area contributed by atoms with Crippen LogP contribution in [0.15, 0.2) is 30.3 Å². The summed E-state index contributed by atoms with van der Waals surface area (Å²) in [6.07, 6.45) is 0. The maximum absolute atomic E-state index is 13.2. The molecular weight excluding hydrogens is 277 g/mol. The van der Waals surface area contributed by atoms with Crippen molar-refractivity contribution < 1.29 is 24.4 Å². The number of phenolic OH excluding ortho intramolecular Hbond substituents is 3. The smallest absolute Gasteiger partial charge is 0.200 e. The Labute approximate surface area is 121 Å². The van der Waals surface area contributed by atoms with Crippen LogP contribution in [0.25, 0.3) is 0 Å². The molecule has 2 aromatic carbocycles. The minimum atomic E-state index is -0.571. The highest BCUT2D eigenvalue weighted by Crippen LogP contribution is 2.37. The average Bonchev–Trinajstić information content (AvgIpc) is 2.46. The van der Waals surface area contributed by atoms with E-state index in [4.69, 9.17) is 4.74 Å². The molecule has 6 heteroatoms. The zero-order valence-electron chi connectivity index (χ0n) is 11.4. The molecule has 0 atom stereocenters. The maximum atomic E-state index is 13.2. The van der Waals surface area contributed by atoms with Gasteiger partial charge in [0.2, 0.25) is 5.75 Å². The van der Waals surface area contributed by atoms with Crippen molar-refractivity contribution in [2.75, 3.05) is 11.9 Å². The van der Waals surface area contributed by atoms with Gasteiger partial charge in [-0.3, -0.25) is 0 Å². The number of benzene rings is 2. The van der Waals surface area contributed by atoms with Crippen molar-refractivity contribution in [3.63, 3.8) is 0 Å². The minimum absolute atomic E-state index is 0.172. The predicted octanol–water partition coefficient (Wildman–Crippen LogP) is 2.95. The summed E-state index contributed by atoms with van der Waals surface area (Å²) < 4.78 is 18.5. The molecule has 4 N–H and O–H groups in total. The molecule has 0 aromatic heterocycles. The molecule has 2 rings (SSSR count). The number of hydrogen-bond acceptors (Lipinski definition) is 5. The van der Waals surface area contributed by atoms with E-state index in [9.17, 15) is 19.7 Å². The van der Waals surface area contributed by atoms with Gasteiger partial charge in [0.25, 0.3) is 0 Å². The third kappa shape index (κ3) is 3.28. The van der Waals surface area contributed by atoms with Gasteiger partial charge in [0.15, 0.2) is 11.5 Å². The molecule has 0 aliphatic carbocycles. The third-order valence-corrected chi connectivity index (χ3v) is 2.93. The molecular formula is C15H16FNO4. The zero-order valence-corrected chi connectivity index (χ0v) is 11.4. The molecule has 0 heterocycles. The molecule has 0 aliphatic rings. The highest BCUT2D eigenvalue weighted by Gasteiger charge is 2.12. The Morgan fingerprint density at radius 2 is 1.86 bits per heavy atom. The van der Waals surface area contributed by atoms with Gasteiger partial charge in [0, 0.05) is 18.2 Å². The van der Waals surface area contributed by atoms with Gasteiger partial charge in [-0.15, -0.1) is 0 Å². The van der Waals surface area contributed by atoms with E-state index in [0.29, 0.717) is 23.6 Å².